The number of benzene rings is 2. The van der Waals surface area contributed by atoms with Crippen LogP contribution in [-0.2, 0) is 0 Å². The van der Waals surface area contributed by atoms with E-state index in [1.807, 2.05) is 0 Å². The van der Waals surface area contributed by atoms with Crippen molar-refractivity contribution in [3.8, 4) is 11.3 Å². The summed E-state index contributed by atoms with van der Waals surface area (Å²) in [5.41, 5.74) is 8.44. The summed E-state index contributed by atoms with van der Waals surface area (Å²) in [6.07, 6.45) is 1.68. The van der Waals surface area contributed by atoms with Crippen LogP contribution in [0.4, 0.5) is 0 Å². The average molecular weight is 290 g/mol. The van der Waals surface area contributed by atoms with Crippen molar-refractivity contribution in [3.63, 3.8) is 0 Å². The number of aromatic nitrogens is 2. The van der Waals surface area contributed by atoms with E-state index in [0.29, 0.717) is 5.92 Å². The highest BCUT2D eigenvalue weighted by Crippen LogP contribution is 2.31. The number of rotatable bonds is 2. The van der Waals surface area contributed by atoms with Gasteiger partial charge in [-0.05, 0) is 55.5 Å². The molecule has 0 bridgehead atoms. The molecule has 0 saturated carbocycles. The minimum absolute atomic E-state index is 0.505. The molecule has 0 atom stereocenters. The minimum Gasteiger partial charge on any atom is -0.236 e. The van der Waals surface area contributed by atoms with Crippen molar-refractivity contribution in [3.05, 3.63) is 58.9 Å². The van der Waals surface area contributed by atoms with Crippen molar-refractivity contribution in [2.75, 3.05) is 0 Å². The first-order chi connectivity index (χ1) is 10.5. The first kappa shape index (κ1) is 14.7. The first-order valence-electron chi connectivity index (χ1n) is 7.80. The van der Waals surface area contributed by atoms with E-state index in [4.69, 9.17) is 0 Å². The predicted octanol–water partition coefficient (Wildman–Crippen LogP) is 5.35. The van der Waals surface area contributed by atoms with E-state index < -0.39 is 0 Å². The number of hydrogen-bond acceptors (Lipinski definition) is 2. The van der Waals surface area contributed by atoms with Gasteiger partial charge in [-0.1, -0.05) is 37.6 Å². The molecule has 0 fully saturated rings. The van der Waals surface area contributed by atoms with E-state index in [0.717, 1.165) is 16.6 Å². The van der Waals surface area contributed by atoms with Crippen molar-refractivity contribution in [1.29, 1.82) is 0 Å². The topological polar surface area (TPSA) is 25.8 Å². The Morgan fingerprint density at radius 3 is 2.41 bits per heavy atom. The lowest BCUT2D eigenvalue weighted by Gasteiger charge is -2.13. The van der Waals surface area contributed by atoms with Gasteiger partial charge in [-0.3, -0.25) is 0 Å². The molecule has 0 unspecified atom stereocenters. The summed E-state index contributed by atoms with van der Waals surface area (Å²) >= 11 is 0. The molecule has 0 radical (unpaired) electrons. The van der Waals surface area contributed by atoms with E-state index in [1.54, 1.807) is 6.33 Å². The lowest BCUT2D eigenvalue weighted by atomic mass is 9.94. The number of nitrogens with zero attached hydrogens (tertiary/aromatic N) is 2. The molecule has 0 spiro atoms. The molecule has 3 rings (SSSR count). The molecule has 0 aliphatic heterocycles. The Hall–Kier alpha value is -2.22. The lowest BCUT2D eigenvalue weighted by molar-refractivity contribution is 0.868. The molecule has 0 aliphatic rings. The van der Waals surface area contributed by atoms with Crippen molar-refractivity contribution < 1.29 is 0 Å². The van der Waals surface area contributed by atoms with Gasteiger partial charge in [-0.15, -0.1) is 0 Å². The fourth-order valence-corrected chi connectivity index (χ4v) is 2.93. The molecule has 0 saturated heterocycles. The minimum atomic E-state index is 0.505. The summed E-state index contributed by atoms with van der Waals surface area (Å²) in [6, 6.07) is 11.0. The van der Waals surface area contributed by atoms with Crippen LogP contribution in [-0.4, -0.2) is 9.97 Å². The van der Waals surface area contributed by atoms with Crippen LogP contribution in [0.3, 0.4) is 0 Å². The van der Waals surface area contributed by atoms with E-state index in [1.165, 1.54) is 27.8 Å². The Balaban J connectivity index is 2.28. The number of aryl methyl sites for hydroxylation is 2. The highest BCUT2D eigenvalue weighted by atomic mass is 14.8. The van der Waals surface area contributed by atoms with Gasteiger partial charge < -0.3 is 0 Å². The van der Waals surface area contributed by atoms with Crippen LogP contribution in [0.15, 0.2) is 36.7 Å². The molecule has 1 heterocycles. The van der Waals surface area contributed by atoms with Gasteiger partial charge in [0.1, 0.15) is 6.33 Å². The van der Waals surface area contributed by atoms with E-state index in [9.17, 15) is 0 Å². The Kier molecular flexibility index (Phi) is 3.69. The number of fused-ring (bicyclic) bond motifs is 1. The molecule has 0 aliphatic carbocycles. The van der Waals surface area contributed by atoms with Crippen LogP contribution < -0.4 is 0 Å². The third-order valence-corrected chi connectivity index (χ3v) is 4.39. The smallest absolute Gasteiger partial charge is 0.116 e. The molecule has 0 amide bonds. The summed E-state index contributed by atoms with van der Waals surface area (Å²) in [5.74, 6) is 0.505. The molecular formula is C20H22N2. The van der Waals surface area contributed by atoms with E-state index in [2.05, 4.69) is 74.9 Å². The molecule has 3 aromatic rings. The fraction of sp³-hybridized carbons (Fsp3) is 0.300. The second-order valence-corrected chi connectivity index (χ2v) is 6.41. The van der Waals surface area contributed by atoms with Gasteiger partial charge in [0.25, 0.3) is 0 Å². The van der Waals surface area contributed by atoms with Crippen LogP contribution in [0.5, 0.6) is 0 Å². The second kappa shape index (κ2) is 5.53. The molecule has 112 valence electrons. The standard InChI is InChI=1S/C20H22N2/c1-12(2)16-6-7-17-19(10-16)21-11-22-20(17)18-9-13(3)8-14(4)15(18)5/h6-12H,1-5H3. The van der Waals surface area contributed by atoms with Crippen molar-refractivity contribution in [1.82, 2.24) is 9.97 Å². The Morgan fingerprint density at radius 2 is 1.68 bits per heavy atom. The third-order valence-electron chi connectivity index (χ3n) is 4.39. The Morgan fingerprint density at radius 1 is 0.909 bits per heavy atom. The zero-order chi connectivity index (χ0) is 15.9. The molecule has 0 N–H and O–H groups in total. The van der Waals surface area contributed by atoms with Crippen LogP contribution in [0, 0.1) is 20.8 Å². The largest absolute Gasteiger partial charge is 0.236 e. The summed E-state index contributed by atoms with van der Waals surface area (Å²) in [6.45, 7) is 10.9. The normalized spacial score (nSPS) is 11.4. The molecule has 2 heteroatoms. The summed E-state index contributed by atoms with van der Waals surface area (Å²) < 4.78 is 0. The van der Waals surface area contributed by atoms with Gasteiger partial charge >= 0.3 is 0 Å². The van der Waals surface area contributed by atoms with Crippen LogP contribution >= 0.6 is 0 Å². The van der Waals surface area contributed by atoms with Gasteiger partial charge in [-0.2, -0.15) is 0 Å². The maximum absolute atomic E-state index is 4.58. The lowest BCUT2D eigenvalue weighted by Crippen LogP contribution is -1.95. The Bertz CT molecular complexity index is 848. The van der Waals surface area contributed by atoms with Gasteiger partial charge in [0.05, 0.1) is 11.2 Å². The summed E-state index contributed by atoms with van der Waals surface area (Å²) in [5, 5.41) is 1.12. The molecule has 2 nitrogen and oxygen atoms in total. The fourth-order valence-electron chi connectivity index (χ4n) is 2.93. The highest BCUT2D eigenvalue weighted by Gasteiger charge is 2.12. The van der Waals surface area contributed by atoms with Crippen molar-refractivity contribution >= 4 is 10.9 Å². The Labute approximate surface area is 132 Å². The molecule has 1 aromatic heterocycles. The third kappa shape index (κ3) is 2.50. The van der Waals surface area contributed by atoms with Gasteiger partial charge in [0.2, 0.25) is 0 Å². The van der Waals surface area contributed by atoms with Crippen molar-refractivity contribution in [2.24, 2.45) is 0 Å². The maximum atomic E-state index is 4.58. The highest BCUT2D eigenvalue weighted by molar-refractivity contribution is 5.93. The molecular weight excluding hydrogens is 268 g/mol. The quantitative estimate of drug-likeness (QED) is 0.636. The van der Waals surface area contributed by atoms with Crippen LogP contribution in [0.1, 0.15) is 42.0 Å². The van der Waals surface area contributed by atoms with Gasteiger partial charge in [0, 0.05) is 10.9 Å². The first-order valence-corrected chi connectivity index (χ1v) is 7.80. The van der Waals surface area contributed by atoms with Gasteiger partial charge in [-0.25, -0.2) is 9.97 Å². The zero-order valence-electron chi connectivity index (χ0n) is 13.9. The predicted molar refractivity (Wildman–Crippen MR) is 93.3 cm³/mol. The van der Waals surface area contributed by atoms with Gasteiger partial charge in [0.15, 0.2) is 0 Å². The van der Waals surface area contributed by atoms with E-state index >= 15 is 0 Å². The monoisotopic (exact) mass is 290 g/mol. The van der Waals surface area contributed by atoms with Crippen LogP contribution in [0.25, 0.3) is 22.2 Å². The zero-order valence-corrected chi connectivity index (χ0v) is 13.9. The van der Waals surface area contributed by atoms with Crippen molar-refractivity contribution in [2.45, 2.75) is 40.5 Å². The SMILES string of the molecule is Cc1cc(C)c(C)c(-c2ncnc3cc(C(C)C)ccc23)c1. The summed E-state index contributed by atoms with van der Waals surface area (Å²) in [4.78, 5) is 9.06. The molecule has 22 heavy (non-hydrogen) atoms. The molecule has 2 aromatic carbocycles. The number of hydrogen-bond donors (Lipinski definition) is 0. The average Bonchev–Trinajstić information content (AvgIpc) is 2.49. The maximum Gasteiger partial charge on any atom is 0.116 e. The van der Waals surface area contributed by atoms with E-state index in [-0.39, 0.29) is 0 Å². The summed E-state index contributed by atoms with van der Waals surface area (Å²) in [7, 11) is 0. The van der Waals surface area contributed by atoms with Crippen LogP contribution in [0.2, 0.25) is 0 Å². The second-order valence-electron chi connectivity index (χ2n) is 6.41.